The van der Waals surface area contributed by atoms with Crippen LogP contribution in [0.15, 0.2) is 18.2 Å². The second-order valence-electron chi connectivity index (χ2n) is 7.17. The van der Waals surface area contributed by atoms with E-state index in [1.165, 1.54) is 13.8 Å². The van der Waals surface area contributed by atoms with Gasteiger partial charge in [0, 0.05) is 38.1 Å². The van der Waals surface area contributed by atoms with Gasteiger partial charge in [-0.3, -0.25) is 9.59 Å². The number of thiocarbonyl (C=S) groups is 1. The summed E-state index contributed by atoms with van der Waals surface area (Å²) in [7, 11) is 1.90. The number of hydrogen-bond donors (Lipinski definition) is 1. The van der Waals surface area contributed by atoms with Crippen molar-refractivity contribution in [1.82, 2.24) is 10.2 Å². The highest BCUT2D eigenvalue weighted by molar-refractivity contribution is 7.80. The first kappa shape index (κ1) is 19.2. The maximum atomic E-state index is 11.6. The van der Waals surface area contributed by atoms with Gasteiger partial charge in [0.25, 0.3) is 0 Å². The molecule has 6 nitrogen and oxygen atoms in total. The summed E-state index contributed by atoms with van der Waals surface area (Å²) in [6.07, 6.45) is 0.734. The van der Waals surface area contributed by atoms with E-state index >= 15 is 0 Å². The van der Waals surface area contributed by atoms with Gasteiger partial charge in [0.1, 0.15) is 11.5 Å². The Kier molecular flexibility index (Phi) is 5.09. The monoisotopic (exact) mass is 364 g/mol. The summed E-state index contributed by atoms with van der Waals surface area (Å²) in [5.74, 6) is -0.187. The number of esters is 2. The van der Waals surface area contributed by atoms with Crippen LogP contribution in [0.1, 0.15) is 46.6 Å². The van der Waals surface area contributed by atoms with E-state index in [-0.39, 0.29) is 5.54 Å². The van der Waals surface area contributed by atoms with E-state index in [4.69, 9.17) is 21.7 Å². The van der Waals surface area contributed by atoms with Crippen molar-refractivity contribution in [2.75, 3.05) is 7.05 Å². The molecule has 0 bridgehead atoms. The molecule has 25 heavy (non-hydrogen) atoms. The summed E-state index contributed by atoms with van der Waals surface area (Å²) in [6, 6.07) is 5.08. The highest BCUT2D eigenvalue weighted by Gasteiger charge is 2.45. The zero-order valence-corrected chi connectivity index (χ0v) is 16.2. The zero-order chi connectivity index (χ0) is 19.0. The maximum absolute atomic E-state index is 11.6. The van der Waals surface area contributed by atoms with Gasteiger partial charge in [0.05, 0.1) is 5.54 Å². The third-order valence-corrected chi connectivity index (χ3v) is 4.70. The molecule has 0 aromatic heterocycles. The van der Waals surface area contributed by atoms with Crippen molar-refractivity contribution in [3.63, 3.8) is 0 Å². The molecule has 1 saturated heterocycles. The Morgan fingerprint density at radius 1 is 1.16 bits per heavy atom. The smallest absolute Gasteiger partial charge is 0.308 e. The lowest BCUT2D eigenvalue weighted by atomic mass is 9.77. The predicted molar refractivity (Wildman–Crippen MR) is 98.6 cm³/mol. The molecule has 1 aromatic rings. The van der Waals surface area contributed by atoms with Crippen LogP contribution in [0.4, 0.5) is 0 Å². The quantitative estimate of drug-likeness (QED) is 0.502. The minimum atomic E-state index is -0.495. The number of hydrogen-bond acceptors (Lipinski definition) is 5. The summed E-state index contributed by atoms with van der Waals surface area (Å²) in [5, 5.41) is 3.93. The van der Waals surface area contributed by atoms with Gasteiger partial charge >= 0.3 is 11.9 Å². The van der Waals surface area contributed by atoms with Crippen LogP contribution in [0.2, 0.25) is 0 Å². The number of ether oxygens (including phenoxy) is 2. The van der Waals surface area contributed by atoms with Crippen molar-refractivity contribution in [1.29, 1.82) is 0 Å². The first-order valence-electron chi connectivity index (χ1n) is 8.02. The molecule has 0 unspecified atom stereocenters. The maximum Gasteiger partial charge on any atom is 0.308 e. The molecule has 0 radical (unpaired) electrons. The topological polar surface area (TPSA) is 67.9 Å². The van der Waals surface area contributed by atoms with Gasteiger partial charge in [-0.05, 0) is 51.5 Å². The second-order valence-corrected chi connectivity index (χ2v) is 7.56. The van der Waals surface area contributed by atoms with Crippen molar-refractivity contribution in [2.24, 2.45) is 0 Å². The molecular formula is C18H24N2O4S. The normalized spacial score (nSPS) is 22.2. The molecule has 0 amide bonds. The highest BCUT2D eigenvalue weighted by atomic mass is 32.1. The Bertz CT molecular complexity index is 732. The fourth-order valence-corrected chi connectivity index (χ4v) is 3.79. The minimum Gasteiger partial charge on any atom is -0.427 e. The number of nitrogens with one attached hydrogen (secondary N) is 1. The summed E-state index contributed by atoms with van der Waals surface area (Å²) < 4.78 is 10.5. The zero-order valence-electron chi connectivity index (χ0n) is 15.4. The van der Waals surface area contributed by atoms with Crippen LogP contribution >= 0.6 is 12.2 Å². The lowest BCUT2D eigenvalue weighted by Crippen LogP contribution is -2.63. The van der Waals surface area contributed by atoms with E-state index < -0.39 is 17.5 Å². The van der Waals surface area contributed by atoms with E-state index in [2.05, 4.69) is 26.1 Å². The number of nitrogens with zero attached hydrogens (tertiary/aromatic N) is 1. The van der Waals surface area contributed by atoms with Crippen LogP contribution < -0.4 is 14.8 Å². The van der Waals surface area contributed by atoms with Gasteiger partial charge in [0.15, 0.2) is 5.11 Å². The molecule has 1 fully saturated rings. The molecule has 0 aliphatic carbocycles. The Balaban J connectivity index is 2.56. The van der Waals surface area contributed by atoms with Crippen LogP contribution in [0.5, 0.6) is 11.5 Å². The SMILES string of the molecule is CC(=O)Oc1ccc([C@@]2(C)CC(C)(C)NC(=S)N2C)c(OC(C)=O)c1. The van der Waals surface area contributed by atoms with Crippen molar-refractivity contribution in [2.45, 2.75) is 52.1 Å². The third kappa shape index (κ3) is 4.10. The van der Waals surface area contributed by atoms with Crippen LogP contribution in [0.3, 0.4) is 0 Å². The summed E-state index contributed by atoms with van der Waals surface area (Å²) in [6.45, 7) is 8.86. The average Bonchev–Trinajstić information content (AvgIpc) is 2.42. The standard InChI is InChI=1S/C18H24N2O4S/c1-11(21)23-13-7-8-14(15(9-13)24-12(2)22)18(5)10-17(3,4)19-16(25)20(18)6/h7-9H,10H2,1-6H3,(H,19,25)/t18-/m1/s1. The van der Waals surface area contributed by atoms with E-state index in [9.17, 15) is 9.59 Å². The lowest BCUT2D eigenvalue weighted by Gasteiger charge is -2.51. The Hall–Kier alpha value is -2.15. The van der Waals surface area contributed by atoms with Crippen molar-refractivity contribution in [3.05, 3.63) is 23.8 Å². The summed E-state index contributed by atoms with van der Waals surface area (Å²) in [5.41, 5.74) is 0.0872. The highest BCUT2D eigenvalue weighted by Crippen LogP contribution is 2.43. The molecule has 1 atom stereocenters. The Morgan fingerprint density at radius 2 is 1.76 bits per heavy atom. The fourth-order valence-electron chi connectivity index (χ4n) is 3.31. The van der Waals surface area contributed by atoms with Crippen molar-refractivity contribution in [3.8, 4) is 11.5 Å². The van der Waals surface area contributed by atoms with Gasteiger partial charge in [-0.15, -0.1) is 0 Å². The molecule has 1 N–H and O–H groups in total. The predicted octanol–water partition coefficient (Wildman–Crippen LogP) is 2.74. The van der Waals surface area contributed by atoms with E-state index in [1.807, 2.05) is 18.0 Å². The molecule has 1 heterocycles. The lowest BCUT2D eigenvalue weighted by molar-refractivity contribution is -0.132. The number of carbonyl (C=O) groups is 2. The molecule has 136 valence electrons. The number of benzene rings is 1. The van der Waals surface area contributed by atoms with Gasteiger partial charge in [-0.1, -0.05) is 0 Å². The van der Waals surface area contributed by atoms with Crippen LogP contribution in [0.25, 0.3) is 0 Å². The van der Waals surface area contributed by atoms with E-state index in [0.29, 0.717) is 16.6 Å². The van der Waals surface area contributed by atoms with Gasteiger partial charge in [-0.2, -0.15) is 0 Å². The number of rotatable bonds is 3. The summed E-state index contributed by atoms with van der Waals surface area (Å²) >= 11 is 5.48. The molecule has 7 heteroatoms. The molecule has 1 aliphatic rings. The van der Waals surface area contributed by atoms with Gasteiger partial charge < -0.3 is 19.7 Å². The van der Waals surface area contributed by atoms with Crippen molar-refractivity contribution < 1.29 is 19.1 Å². The first-order chi connectivity index (χ1) is 11.4. The summed E-state index contributed by atoms with van der Waals surface area (Å²) in [4.78, 5) is 24.8. The van der Waals surface area contributed by atoms with E-state index in [0.717, 1.165) is 12.0 Å². The molecule has 0 saturated carbocycles. The Labute approximate surface area is 153 Å². The molecular weight excluding hydrogens is 340 g/mol. The minimum absolute atomic E-state index is 0.222. The molecule has 2 rings (SSSR count). The molecule has 1 aliphatic heterocycles. The number of carbonyl (C=O) groups excluding carboxylic acids is 2. The third-order valence-electron chi connectivity index (χ3n) is 4.32. The van der Waals surface area contributed by atoms with E-state index in [1.54, 1.807) is 12.1 Å². The van der Waals surface area contributed by atoms with Gasteiger partial charge in [-0.25, -0.2) is 0 Å². The van der Waals surface area contributed by atoms with Crippen LogP contribution in [-0.4, -0.2) is 34.5 Å². The fraction of sp³-hybridized carbons (Fsp3) is 0.500. The van der Waals surface area contributed by atoms with Crippen LogP contribution in [-0.2, 0) is 15.1 Å². The second kappa shape index (κ2) is 6.63. The first-order valence-corrected chi connectivity index (χ1v) is 8.43. The van der Waals surface area contributed by atoms with Crippen LogP contribution in [0, 0.1) is 0 Å². The molecule has 1 aromatic carbocycles. The Morgan fingerprint density at radius 3 is 2.32 bits per heavy atom. The van der Waals surface area contributed by atoms with Crippen molar-refractivity contribution >= 4 is 29.3 Å². The molecule has 0 spiro atoms. The largest absolute Gasteiger partial charge is 0.427 e. The van der Waals surface area contributed by atoms with Gasteiger partial charge in [0.2, 0.25) is 0 Å². The average molecular weight is 364 g/mol.